The van der Waals surface area contributed by atoms with E-state index in [0.29, 0.717) is 0 Å². The van der Waals surface area contributed by atoms with E-state index < -0.39 is 61.1 Å². The number of carbonyl (C=O) groups is 2. The maximum Gasteiger partial charge on any atom is 0.366 e. The molecular formula is C12H21NO9. The SMILES string of the molecule is COC(=O)[C@]1(O)C[C@H](O)C(NC(C)=O)C(C(O)[C@H](O)CO)O1. The Kier molecular flexibility index (Phi) is 6.23. The summed E-state index contributed by atoms with van der Waals surface area (Å²) in [5, 5.41) is 50.8. The molecule has 128 valence electrons. The number of esters is 1. The van der Waals surface area contributed by atoms with Gasteiger partial charge in [0.05, 0.1) is 25.9 Å². The van der Waals surface area contributed by atoms with Crippen molar-refractivity contribution >= 4 is 11.9 Å². The lowest BCUT2D eigenvalue weighted by Crippen LogP contribution is -2.67. The molecule has 1 amide bonds. The molecule has 3 unspecified atom stereocenters. The highest BCUT2D eigenvalue weighted by molar-refractivity contribution is 5.78. The zero-order valence-corrected chi connectivity index (χ0v) is 12.2. The summed E-state index contributed by atoms with van der Waals surface area (Å²) in [4.78, 5) is 22.8. The van der Waals surface area contributed by atoms with Crippen molar-refractivity contribution in [3.05, 3.63) is 0 Å². The van der Waals surface area contributed by atoms with Crippen LogP contribution >= 0.6 is 0 Å². The predicted molar refractivity (Wildman–Crippen MR) is 69.2 cm³/mol. The van der Waals surface area contributed by atoms with Crippen LogP contribution in [0.2, 0.25) is 0 Å². The van der Waals surface area contributed by atoms with Crippen LogP contribution in [0.1, 0.15) is 13.3 Å². The van der Waals surface area contributed by atoms with Crippen molar-refractivity contribution in [3.8, 4) is 0 Å². The summed E-state index contributed by atoms with van der Waals surface area (Å²) in [5.41, 5.74) is 0. The highest BCUT2D eigenvalue weighted by Gasteiger charge is 2.54. The number of rotatable bonds is 5. The third-order valence-electron chi connectivity index (χ3n) is 3.38. The zero-order chi connectivity index (χ0) is 17.1. The van der Waals surface area contributed by atoms with E-state index >= 15 is 0 Å². The highest BCUT2D eigenvalue weighted by atomic mass is 16.7. The molecule has 0 radical (unpaired) electrons. The lowest BCUT2D eigenvalue weighted by Gasteiger charge is -2.45. The van der Waals surface area contributed by atoms with E-state index in [-0.39, 0.29) is 0 Å². The molecule has 10 heteroatoms. The smallest absolute Gasteiger partial charge is 0.366 e. The van der Waals surface area contributed by atoms with Gasteiger partial charge in [0.15, 0.2) is 0 Å². The van der Waals surface area contributed by atoms with Crippen LogP contribution in [0, 0.1) is 0 Å². The third kappa shape index (κ3) is 3.91. The van der Waals surface area contributed by atoms with Crippen molar-refractivity contribution in [1.29, 1.82) is 0 Å². The second-order valence-electron chi connectivity index (χ2n) is 5.10. The van der Waals surface area contributed by atoms with E-state index in [1.807, 2.05) is 0 Å². The molecule has 6 atom stereocenters. The van der Waals surface area contributed by atoms with Gasteiger partial charge in [-0.3, -0.25) is 4.79 Å². The average Bonchev–Trinajstić information content (AvgIpc) is 2.46. The van der Waals surface area contributed by atoms with E-state index in [1.165, 1.54) is 0 Å². The molecule has 1 heterocycles. The largest absolute Gasteiger partial charge is 0.465 e. The van der Waals surface area contributed by atoms with E-state index in [2.05, 4.69) is 10.1 Å². The quantitative estimate of drug-likeness (QED) is 0.278. The molecule has 0 aromatic heterocycles. The van der Waals surface area contributed by atoms with Gasteiger partial charge in [-0.2, -0.15) is 0 Å². The van der Waals surface area contributed by atoms with Gasteiger partial charge in [0.2, 0.25) is 5.91 Å². The molecule has 0 aromatic carbocycles. The predicted octanol–water partition coefficient (Wildman–Crippen LogP) is -3.78. The molecule has 10 nitrogen and oxygen atoms in total. The number of aliphatic hydroxyl groups excluding tert-OH is 4. The minimum absolute atomic E-state index is 0.563. The molecule has 6 N–H and O–H groups in total. The first-order valence-corrected chi connectivity index (χ1v) is 6.57. The third-order valence-corrected chi connectivity index (χ3v) is 3.38. The number of ether oxygens (including phenoxy) is 2. The van der Waals surface area contributed by atoms with Crippen LogP contribution in [0.25, 0.3) is 0 Å². The first-order valence-electron chi connectivity index (χ1n) is 6.57. The van der Waals surface area contributed by atoms with E-state index in [9.17, 15) is 30.0 Å². The second kappa shape index (κ2) is 7.31. The fraction of sp³-hybridized carbons (Fsp3) is 0.833. The minimum Gasteiger partial charge on any atom is -0.465 e. The van der Waals surface area contributed by atoms with Gasteiger partial charge in [0.25, 0.3) is 5.79 Å². The number of aliphatic hydroxyl groups is 5. The number of methoxy groups -OCH3 is 1. The van der Waals surface area contributed by atoms with Crippen LogP contribution < -0.4 is 5.32 Å². The Morgan fingerprint density at radius 2 is 2.05 bits per heavy atom. The molecule has 0 aromatic rings. The Hall–Kier alpha value is -1.30. The number of amides is 1. The fourth-order valence-electron chi connectivity index (χ4n) is 2.29. The molecule has 22 heavy (non-hydrogen) atoms. The summed E-state index contributed by atoms with van der Waals surface area (Å²) in [7, 11) is 0.990. The van der Waals surface area contributed by atoms with Crippen LogP contribution in [0.15, 0.2) is 0 Å². The Morgan fingerprint density at radius 3 is 2.50 bits per heavy atom. The number of carbonyl (C=O) groups excluding carboxylic acids is 2. The second-order valence-corrected chi connectivity index (χ2v) is 5.10. The van der Waals surface area contributed by atoms with Gasteiger partial charge in [-0.1, -0.05) is 0 Å². The molecule has 0 saturated carbocycles. The van der Waals surface area contributed by atoms with Gasteiger partial charge in [0.1, 0.15) is 18.3 Å². The lowest BCUT2D eigenvalue weighted by molar-refractivity contribution is -0.296. The van der Waals surface area contributed by atoms with E-state index in [0.717, 1.165) is 14.0 Å². The summed E-state index contributed by atoms with van der Waals surface area (Å²) in [6, 6.07) is -1.21. The van der Waals surface area contributed by atoms with Gasteiger partial charge in [0, 0.05) is 13.3 Å². The Labute approximate surface area is 126 Å². The van der Waals surface area contributed by atoms with Gasteiger partial charge in [-0.15, -0.1) is 0 Å². The summed E-state index contributed by atoms with van der Waals surface area (Å²) in [6.45, 7) is 0.320. The molecule has 0 bridgehead atoms. The van der Waals surface area contributed by atoms with Crippen LogP contribution in [-0.4, -0.2) is 87.4 Å². The summed E-state index contributed by atoms with van der Waals surface area (Å²) < 4.78 is 9.45. The average molecular weight is 323 g/mol. The molecule has 0 spiro atoms. The van der Waals surface area contributed by atoms with Gasteiger partial charge in [-0.05, 0) is 0 Å². The van der Waals surface area contributed by atoms with Crippen LogP contribution in [0.3, 0.4) is 0 Å². The molecule has 1 saturated heterocycles. The normalized spacial score (nSPS) is 34.6. The van der Waals surface area contributed by atoms with Crippen molar-refractivity contribution in [3.63, 3.8) is 0 Å². The zero-order valence-electron chi connectivity index (χ0n) is 12.2. The van der Waals surface area contributed by atoms with Gasteiger partial charge < -0.3 is 40.3 Å². The maximum absolute atomic E-state index is 11.6. The Morgan fingerprint density at radius 1 is 1.45 bits per heavy atom. The highest BCUT2D eigenvalue weighted by Crippen LogP contribution is 2.31. The lowest BCUT2D eigenvalue weighted by atomic mass is 9.88. The monoisotopic (exact) mass is 323 g/mol. The first-order chi connectivity index (χ1) is 10.2. The summed E-state index contributed by atoms with van der Waals surface area (Å²) >= 11 is 0. The van der Waals surface area contributed by atoms with Crippen molar-refractivity contribution in [1.82, 2.24) is 5.32 Å². The molecule has 1 rings (SSSR count). The van der Waals surface area contributed by atoms with Gasteiger partial charge >= 0.3 is 5.97 Å². The topological polar surface area (TPSA) is 166 Å². The molecule has 1 fully saturated rings. The summed E-state index contributed by atoms with van der Waals surface area (Å²) in [5.74, 6) is -4.32. The Bertz CT molecular complexity index is 417. The minimum atomic E-state index is -2.55. The fourth-order valence-corrected chi connectivity index (χ4v) is 2.29. The van der Waals surface area contributed by atoms with Crippen molar-refractivity contribution < 1.29 is 44.6 Å². The molecule has 0 aliphatic carbocycles. The van der Waals surface area contributed by atoms with Crippen LogP contribution in [-0.2, 0) is 19.1 Å². The Balaban J connectivity index is 3.09. The van der Waals surface area contributed by atoms with Crippen LogP contribution in [0.4, 0.5) is 0 Å². The van der Waals surface area contributed by atoms with Crippen molar-refractivity contribution in [2.75, 3.05) is 13.7 Å². The van der Waals surface area contributed by atoms with Gasteiger partial charge in [-0.25, -0.2) is 4.79 Å². The van der Waals surface area contributed by atoms with Crippen LogP contribution in [0.5, 0.6) is 0 Å². The molecule has 1 aliphatic rings. The molecule has 1 aliphatic heterocycles. The summed E-state index contributed by atoms with van der Waals surface area (Å²) in [6.07, 6.45) is -7.09. The van der Waals surface area contributed by atoms with E-state index in [1.54, 1.807) is 0 Å². The first kappa shape index (κ1) is 18.7. The standard InChI is InChI=1S/C12H21NO9/c1-5(15)13-8-6(16)3-12(20,11(19)21-2)22-10(8)9(18)7(17)4-14/h6-10,14,16-18,20H,3-4H2,1-2H3,(H,13,15)/t6-,7+,8?,9?,10?,12-/m0/s1. The van der Waals surface area contributed by atoms with Crippen molar-refractivity contribution in [2.45, 2.75) is 49.6 Å². The molecular weight excluding hydrogens is 302 g/mol. The number of nitrogens with one attached hydrogen (secondary N) is 1. The van der Waals surface area contributed by atoms with Crippen molar-refractivity contribution in [2.24, 2.45) is 0 Å². The number of hydrogen-bond acceptors (Lipinski definition) is 9. The number of hydrogen-bond donors (Lipinski definition) is 6. The maximum atomic E-state index is 11.6. The van der Waals surface area contributed by atoms with E-state index in [4.69, 9.17) is 9.84 Å².